The Labute approximate surface area is 74.0 Å². The number of hydrogen-bond acceptors (Lipinski definition) is 0. The van der Waals surface area contributed by atoms with E-state index in [0.29, 0.717) is 0 Å². The van der Waals surface area contributed by atoms with Crippen molar-refractivity contribution in [2.45, 2.75) is 13.8 Å². The maximum Gasteiger partial charge on any atom is 0.0435 e. The van der Waals surface area contributed by atoms with Crippen LogP contribution in [-0.2, 0) is 7.05 Å². The van der Waals surface area contributed by atoms with Crippen molar-refractivity contribution in [2.75, 3.05) is 0 Å². The summed E-state index contributed by atoms with van der Waals surface area (Å²) in [4.78, 5) is 0. The molecule has 0 aromatic carbocycles. The molecule has 0 spiro atoms. The second-order valence-corrected chi connectivity index (χ2v) is 2.99. The molecule has 0 bridgehead atoms. The van der Waals surface area contributed by atoms with Gasteiger partial charge in [-0.25, -0.2) is 0 Å². The molecule has 0 N–H and O–H groups in total. The molecule has 64 valence electrons. The van der Waals surface area contributed by atoms with Crippen molar-refractivity contribution in [3.63, 3.8) is 0 Å². The summed E-state index contributed by atoms with van der Waals surface area (Å²) >= 11 is 0. The summed E-state index contributed by atoms with van der Waals surface area (Å²) in [5.41, 5.74) is 4.95. The van der Waals surface area contributed by atoms with E-state index in [2.05, 4.69) is 31.6 Å². The van der Waals surface area contributed by atoms with Gasteiger partial charge < -0.3 is 4.57 Å². The van der Waals surface area contributed by atoms with Gasteiger partial charge in [-0.15, -0.1) is 0 Å². The maximum atomic E-state index is 3.79. The van der Waals surface area contributed by atoms with Crippen LogP contribution in [0.25, 0.3) is 12.2 Å². The second-order valence-electron chi connectivity index (χ2n) is 2.99. The Morgan fingerprint density at radius 2 is 1.33 bits per heavy atom. The Balaban J connectivity index is 3.52. The van der Waals surface area contributed by atoms with E-state index in [1.165, 1.54) is 22.5 Å². The molecule has 1 aromatic rings. The van der Waals surface area contributed by atoms with E-state index in [1.54, 1.807) is 0 Å². The van der Waals surface area contributed by atoms with Crippen molar-refractivity contribution >= 4 is 12.2 Å². The largest absolute Gasteiger partial charge is 0.344 e. The summed E-state index contributed by atoms with van der Waals surface area (Å²) in [6.45, 7) is 11.8. The first-order valence-electron chi connectivity index (χ1n) is 4.04. The third-order valence-corrected chi connectivity index (χ3v) is 2.44. The van der Waals surface area contributed by atoms with Gasteiger partial charge in [0.05, 0.1) is 0 Å². The van der Waals surface area contributed by atoms with Gasteiger partial charge in [-0.3, -0.25) is 0 Å². The van der Waals surface area contributed by atoms with Gasteiger partial charge in [0.2, 0.25) is 0 Å². The highest BCUT2D eigenvalue weighted by atomic mass is 15.0. The third-order valence-electron chi connectivity index (χ3n) is 2.44. The lowest BCUT2D eigenvalue weighted by Gasteiger charge is -2.00. The zero-order valence-electron chi connectivity index (χ0n) is 8.02. The number of nitrogens with zero attached hydrogens (tertiary/aromatic N) is 1. The van der Waals surface area contributed by atoms with Crippen LogP contribution in [0.2, 0.25) is 0 Å². The lowest BCUT2D eigenvalue weighted by molar-refractivity contribution is 0.897. The molecule has 0 fully saturated rings. The normalized spacial score (nSPS) is 9.92. The highest BCUT2D eigenvalue weighted by Gasteiger charge is 2.09. The fourth-order valence-electron chi connectivity index (χ4n) is 1.60. The van der Waals surface area contributed by atoms with Crippen LogP contribution >= 0.6 is 0 Å². The summed E-state index contributed by atoms with van der Waals surface area (Å²) < 4.78 is 2.12. The Morgan fingerprint density at radius 1 is 1.00 bits per heavy atom. The van der Waals surface area contributed by atoms with Gasteiger partial charge >= 0.3 is 0 Å². The average molecular weight is 161 g/mol. The van der Waals surface area contributed by atoms with E-state index in [9.17, 15) is 0 Å². The molecule has 0 amide bonds. The van der Waals surface area contributed by atoms with E-state index in [-0.39, 0.29) is 0 Å². The summed E-state index contributed by atoms with van der Waals surface area (Å²) in [6, 6.07) is 0. The molecule has 0 aliphatic heterocycles. The predicted molar refractivity (Wildman–Crippen MR) is 55.1 cm³/mol. The summed E-state index contributed by atoms with van der Waals surface area (Å²) in [7, 11) is 2.04. The first kappa shape index (κ1) is 8.85. The van der Waals surface area contributed by atoms with Crippen LogP contribution in [-0.4, -0.2) is 4.57 Å². The molecule has 12 heavy (non-hydrogen) atoms. The Hall–Kier alpha value is -1.24. The van der Waals surface area contributed by atoms with Crippen LogP contribution in [0.5, 0.6) is 0 Å². The Morgan fingerprint density at radius 3 is 1.50 bits per heavy atom. The summed E-state index contributed by atoms with van der Waals surface area (Å²) in [5, 5.41) is 0. The van der Waals surface area contributed by atoms with Gasteiger partial charge in [-0.1, -0.05) is 13.2 Å². The van der Waals surface area contributed by atoms with E-state index in [4.69, 9.17) is 0 Å². The fraction of sp³-hybridized carbons (Fsp3) is 0.273. The zero-order chi connectivity index (χ0) is 9.30. The molecule has 0 saturated heterocycles. The van der Waals surface area contributed by atoms with Crippen LogP contribution in [0.4, 0.5) is 0 Å². The Bertz CT molecular complexity index is 298. The van der Waals surface area contributed by atoms with Crippen molar-refractivity contribution in [3.05, 3.63) is 35.7 Å². The average Bonchev–Trinajstić information content (AvgIpc) is 2.25. The molecular weight excluding hydrogens is 146 g/mol. The summed E-state index contributed by atoms with van der Waals surface area (Å²) in [6.07, 6.45) is 3.77. The third kappa shape index (κ3) is 1.02. The minimum atomic E-state index is 1.18. The topological polar surface area (TPSA) is 4.93 Å². The van der Waals surface area contributed by atoms with Crippen LogP contribution in [0.3, 0.4) is 0 Å². The molecule has 1 nitrogen and oxygen atoms in total. The van der Waals surface area contributed by atoms with Gasteiger partial charge in [0, 0.05) is 18.4 Å². The number of rotatable bonds is 2. The van der Waals surface area contributed by atoms with Gasteiger partial charge in [0.15, 0.2) is 0 Å². The van der Waals surface area contributed by atoms with Crippen LogP contribution in [0, 0.1) is 13.8 Å². The van der Waals surface area contributed by atoms with Crippen molar-refractivity contribution < 1.29 is 0 Å². The number of aromatic nitrogens is 1. The molecule has 0 saturated carbocycles. The number of hydrogen-bond donors (Lipinski definition) is 0. The smallest absolute Gasteiger partial charge is 0.0435 e. The van der Waals surface area contributed by atoms with Gasteiger partial charge in [0.25, 0.3) is 0 Å². The molecule has 0 aliphatic carbocycles. The molecule has 1 aromatic heterocycles. The summed E-state index contributed by atoms with van der Waals surface area (Å²) in [5.74, 6) is 0. The molecule has 0 aliphatic rings. The van der Waals surface area contributed by atoms with Crippen molar-refractivity contribution in [1.82, 2.24) is 4.57 Å². The van der Waals surface area contributed by atoms with Crippen molar-refractivity contribution in [3.8, 4) is 0 Å². The van der Waals surface area contributed by atoms with Gasteiger partial charge in [0.1, 0.15) is 0 Å². The lowest BCUT2D eigenvalue weighted by Crippen LogP contribution is -1.93. The monoisotopic (exact) mass is 161 g/mol. The molecule has 0 unspecified atom stereocenters. The van der Waals surface area contributed by atoms with Gasteiger partial charge in [-0.05, 0) is 37.1 Å². The van der Waals surface area contributed by atoms with Crippen LogP contribution in [0.1, 0.15) is 22.5 Å². The first-order valence-corrected chi connectivity index (χ1v) is 4.04. The van der Waals surface area contributed by atoms with E-state index < -0.39 is 0 Å². The zero-order valence-corrected chi connectivity index (χ0v) is 8.02. The first-order chi connectivity index (χ1) is 5.63. The van der Waals surface area contributed by atoms with E-state index >= 15 is 0 Å². The highest BCUT2D eigenvalue weighted by molar-refractivity contribution is 5.60. The lowest BCUT2D eigenvalue weighted by atomic mass is 10.1. The van der Waals surface area contributed by atoms with Crippen molar-refractivity contribution in [2.24, 2.45) is 7.05 Å². The minimum absolute atomic E-state index is 1.18. The molecule has 0 radical (unpaired) electrons. The van der Waals surface area contributed by atoms with Crippen LogP contribution < -0.4 is 0 Å². The minimum Gasteiger partial charge on any atom is -0.344 e. The van der Waals surface area contributed by atoms with Gasteiger partial charge in [-0.2, -0.15) is 0 Å². The molecule has 1 heterocycles. The molecule has 0 atom stereocenters. The van der Waals surface area contributed by atoms with E-state index in [0.717, 1.165) is 0 Å². The SMILES string of the molecule is C=Cc1c(C)c(C)c(C=C)n1C. The van der Waals surface area contributed by atoms with E-state index in [1.807, 2.05) is 19.2 Å². The maximum absolute atomic E-state index is 3.79. The fourth-order valence-corrected chi connectivity index (χ4v) is 1.60. The molecule has 1 rings (SSSR count). The highest BCUT2D eigenvalue weighted by Crippen LogP contribution is 2.21. The van der Waals surface area contributed by atoms with Crippen LogP contribution in [0.15, 0.2) is 13.2 Å². The van der Waals surface area contributed by atoms with Crippen molar-refractivity contribution in [1.29, 1.82) is 0 Å². The predicted octanol–water partition coefficient (Wildman–Crippen LogP) is 2.93. The second kappa shape index (κ2) is 3.02. The Kier molecular flexibility index (Phi) is 2.22. The standard InChI is InChI=1S/C11H15N/c1-6-10-8(3)9(4)11(7-2)12(10)5/h6-7H,1-2H2,3-5H3. The quantitative estimate of drug-likeness (QED) is 0.628. The molecular formula is C11H15N. The molecule has 1 heteroatoms.